The van der Waals surface area contributed by atoms with Crippen molar-refractivity contribution in [2.24, 2.45) is 0 Å². The number of nitro groups is 1. The van der Waals surface area contributed by atoms with Gasteiger partial charge in [-0.15, -0.1) is 0 Å². The van der Waals surface area contributed by atoms with Crippen LogP contribution in [0.4, 0.5) is 10.5 Å². The molecule has 3 aromatic carbocycles. The number of sulfonamides is 1. The highest BCUT2D eigenvalue weighted by Gasteiger charge is 2.25. The molecule has 0 unspecified atom stereocenters. The number of hydrogen-bond donors (Lipinski definition) is 2. The number of aryl methyl sites for hydroxylation is 1. The zero-order valence-corrected chi connectivity index (χ0v) is 20.1. The molecule has 0 fully saturated rings. The number of benzene rings is 3. The molecule has 1 atom stereocenters. The Morgan fingerprint density at radius 3 is 2.36 bits per heavy atom. The normalized spacial score (nSPS) is 12.0. The van der Waals surface area contributed by atoms with Gasteiger partial charge in [-0.05, 0) is 42.7 Å². The molecule has 0 aliphatic heterocycles. The Morgan fingerprint density at radius 2 is 1.69 bits per heavy atom. The topological polar surface area (TPSA) is 136 Å². The molecule has 0 saturated heterocycles. The molecule has 4 aromatic rings. The second-order valence-corrected chi connectivity index (χ2v) is 9.67. The average molecular weight is 506 g/mol. The highest BCUT2D eigenvalue weighted by atomic mass is 32.2. The molecule has 1 aromatic heterocycles. The van der Waals surface area contributed by atoms with Gasteiger partial charge in [0.05, 0.1) is 15.9 Å². The first-order valence-corrected chi connectivity index (χ1v) is 12.4. The largest absolute Gasteiger partial charge is 0.329 e. The Balaban J connectivity index is 1.63. The molecule has 0 bridgehead atoms. The predicted octanol–water partition coefficient (Wildman–Crippen LogP) is 4.06. The number of amides is 2. The maximum atomic E-state index is 12.9. The molecule has 0 aliphatic rings. The van der Waals surface area contributed by atoms with E-state index < -0.39 is 27.0 Å². The van der Waals surface area contributed by atoms with E-state index in [1.165, 1.54) is 18.2 Å². The third-order valence-corrected chi connectivity index (χ3v) is 7.01. The molecule has 4 rings (SSSR count). The number of carbonyl (C=O) groups excluding carboxylic acids is 1. The monoisotopic (exact) mass is 505 g/mol. The third kappa shape index (κ3) is 5.58. The fourth-order valence-electron chi connectivity index (χ4n) is 3.81. The van der Waals surface area contributed by atoms with Crippen LogP contribution in [0.1, 0.15) is 23.0 Å². The van der Waals surface area contributed by atoms with Crippen LogP contribution in [0.25, 0.3) is 5.69 Å². The molecule has 0 radical (unpaired) electrons. The van der Waals surface area contributed by atoms with Crippen LogP contribution in [-0.2, 0) is 16.4 Å². The number of rotatable bonds is 8. The van der Waals surface area contributed by atoms with Gasteiger partial charge in [-0.2, -0.15) is 0 Å². The molecule has 10 nitrogen and oxygen atoms in total. The van der Waals surface area contributed by atoms with E-state index >= 15 is 0 Å². The van der Waals surface area contributed by atoms with Crippen LogP contribution in [0.5, 0.6) is 0 Å². The maximum absolute atomic E-state index is 12.9. The fourth-order valence-corrected chi connectivity index (χ4v) is 4.97. The number of nitro benzene ring substituents is 1. The van der Waals surface area contributed by atoms with E-state index in [9.17, 15) is 23.3 Å². The molecule has 2 amide bonds. The molecule has 11 heteroatoms. The van der Waals surface area contributed by atoms with Gasteiger partial charge in [-0.1, -0.05) is 48.5 Å². The molecular formula is C25H23N5O5S. The average Bonchev–Trinajstić information content (AvgIpc) is 3.34. The second kappa shape index (κ2) is 10.4. The minimum Gasteiger partial charge on any atom is -0.327 e. The molecule has 184 valence electrons. The number of hydrogen-bond acceptors (Lipinski definition) is 6. The molecule has 1 heterocycles. The Bertz CT molecular complexity index is 1480. The Morgan fingerprint density at radius 1 is 1.03 bits per heavy atom. The zero-order chi connectivity index (χ0) is 25.7. The molecule has 2 N–H and O–H groups in total. The zero-order valence-electron chi connectivity index (χ0n) is 19.2. The molecule has 0 saturated carbocycles. The minimum atomic E-state index is -4.11. The lowest BCUT2D eigenvalue weighted by molar-refractivity contribution is -0.384. The van der Waals surface area contributed by atoms with E-state index in [0.717, 1.165) is 5.56 Å². The number of nitrogens with zero attached hydrogens (tertiary/aromatic N) is 3. The molecule has 36 heavy (non-hydrogen) atoms. The van der Waals surface area contributed by atoms with Gasteiger partial charge in [-0.25, -0.2) is 22.9 Å². The minimum absolute atomic E-state index is 0.00661. The first-order chi connectivity index (χ1) is 17.2. The molecule has 0 spiro atoms. The van der Waals surface area contributed by atoms with Gasteiger partial charge in [0.25, 0.3) is 15.7 Å². The summed E-state index contributed by atoms with van der Waals surface area (Å²) < 4.78 is 29.4. The van der Waals surface area contributed by atoms with Crippen LogP contribution in [0.15, 0.2) is 96.2 Å². The van der Waals surface area contributed by atoms with Crippen molar-refractivity contribution in [2.45, 2.75) is 24.3 Å². The number of imidazole rings is 1. The van der Waals surface area contributed by atoms with Crippen LogP contribution >= 0.6 is 0 Å². The predicted molar refractivity (Wildman–Crippen MR) is 133 cm³/mol. The van der Waals surface area contributed by atoms with E-state index in [2.05, 4.69) is 15.0 Å². The Labute approximate surface area is 207 Å². The second-order valence-electron chi connectivity index (χ2n) is 8.02. The summed E-state index contributed by atoms with van der Waals surface area (Å²) in [4.78, 5) is 27.8. The van der Waals surface area contributed by atoms with Gasteiger partial charge in [0.2, 0.25) is 0 Å². The van der Waals surface area contributed by atoms with Crippen LogP contribution in [0.2, 0.25) is 0 Å². The first-order valence-electron chi connectivity index (χ1n) is 11.0. The van der Waals surface area contributed by atoms with Gasteiger partial charge >= 0.3 is 6.03 Å². The summed E-state index contributed by atoms with van der Waals surface area (Å²) in [6.07, 6.45) is 3.53. The summed E-state index contributed by atoms with van der Waals surface area (Å²) >= 11 is 0. The number of nitrogens with one attached hydrogen (secondary N) is 2. The lowest BCUT2D eigenvalue weighted by Crippen LogP contribution is -2.42. The number of urea groups is 1. The van der Waals surface area contributed by atoms with Crippen molar-refractivity contribution in [2.75, 3.05) is 0 Å². The van der Waals surface area contributed by atoms with Gasteiger partial charge < -0.3 is 9.88 Å². The van der Waals surface area contributed by atoms with Crippen LogP contribution in [0.3, 0.4) is 0 Å². The van der Waals surface area contributed by atoms with Crippen molar-refractivity contribution in [3.8, 4) is 5.69 Å². The van der Waals surface area contributed by atoms with E-state index in [0.29, 0.717) is 23.5 Å². The van der Waals surface area contributed by atoms with Gasteiger partial charge in [0, 0.05) is 30.2 Å². The van der Waals surface area contributed by atoms with Gasteiger partial charge in [0.15, 0.2) is 0 Å². The van der Waals surface area contributed by atoms with Crippen molar-refractivity contribution in [3.05, 3.63) is 118 Å². The van der Waals surface area contributed by atoms with Crippen molar-refractivity contribution in [1.82, 2.24) is 19.6 Å². The van der Waals surface area contributed by atoms with E-state index in [1.807, 2.05) is 30.3 Å². The fraction of sp³-hybridized carbons (Fsp3) is 0.120. The maximum Gasteiger partial charge on any atom is 0.329 e. The highest BCUT2D eigenvalue weighted by molar-refractivity contribution is 7.90. The van der Waals surface area contributed by atoms with Crippen molar-refractivity contribution in [1.29, 1.82) is 0 Å². The lowest BCUT2D eigenvalue weighted by atomic mass is 10.1. The summed E-state index contributed by atoms with van der Waals surface area (Å²) in [5, 5.41) is 13.8. The molecular weight excluding hydrogens is 482 g/mol. The summed E-state index contributed by atoms with van der Waals surface area (Å²) in [5.41, 5.74) is 1.94. The van der Waals surface area contributed by atoms with Gasteiger partial charge in [-0.3, -0.25) is 10.1 Å². The SMILES string of the molecule is Cc1ccccc1S(=O)(=O)NC(=O)N[C@@H](Cc1ccccc1)c1nccn1-c1ccc([N+](=O)[O-])cc1. The first kappa shape index (κ1) is 24.6. The third-order valence-electron chi connectivity index (χ3n) is 5.52. The van der Waals surface area contributed by atoms with E-state index in [1.54, 1.807) is 54.2 Å². The van der Waals surface area contributed by atoms with Crippen molar-refractivity contribution < 1.29 is 18.1 Å². The number of carbonyl (C=O) groups is 1. The molecule has 0 aliphatic carbocycles. The van der Waals surface area contributed by atoms with Crippen LogP contribution < -0.4 is 10.0 Å². The van der Waals surface area contributed by atoms with Gasteiger partial charge in [0.1, 0.15) is 5.82 Å². The quantitative estimate of drug-likeness (QED) is 0.274. The summed E-state index contributed by atoms with van der Waals surface area (Å²) in [7, 11) is -4.11. The Kier molecular flexibility index (Phi) is 7.11. The van der Waals surface area contributed by atoms with Crippen molar-refractivity contribution in [3.63, 3.8) is 0 Å². The summed E-state index contributed by atoms with van der Waals surface area (Å²) in [6.45, 7) is 1.64. The van der Waals surface area contributed by atoms with E-state index in [4.69, 9.17) is 0 Å². The number of non-ortho nitro benzene ring substituents is 1. The Hall–Kier alpha value is -4.51. The summed E-state index contributed by atoms with van der Waals surface area (Å²) in [5.74, 6) is 0.427. The number of aromatic nitrogens is 2. The standard InChI is InChI=1S/C25H23N5O5S/c1-18-7-5-6-10-23(18)36(34,35)28-25(31)27-22(17-19-8-3-2-4-9-19)24-26-15-16-29(24)20-11-13-21(14-12-20)30(32)33/h2-16,22H,17H2,1H3,(H2,27,28,31)/t22-/m0/s1. The highest BCUT2D eigenvalue weighted by Crippen LogP contribution is 2.23. The van der Waals surface area contributed by atoms with E-state index in [-0.39, 0.29) is 10.6 Å². The smallest absolute Gasteiger partial charge is 0.327 e. The summed E-state index contributed by atoms with van der Waals surface area (Å²) in [6, 6.07) is 20.0. The van der Waals surface area contributed by atoms with Crippen LogP contribution in [0, 0.1) is 17.0 Å². The van der Waals surface area contributed by atoms with Crippen LogP contribution in [-0.4, -0.2) is 28.9 Å². The van der Waals surface area contributed by atoms with Crippen molar-refractivity contribution >= 4 is 21.7 Å². The lowest BCUT2D eigenvalue weighted by Gasteiger charge is -2.21.